The maximum atomic E-state index is 13.3. The van der Waals surface area contributed by atoms with Crippen LogP contribution in [0.15, 0.2) is 16.6 Å². The molecule has 0 aromatic heterocycles. The van der Waals surface area contributed by atoms with Crippen LogP contribution >= 0.6 is 15.9 Å². The average Bonchev–Trinajstić information content (AvgIpc) is 2.24. The summed E-state index contributed by atoms with van der Waals surface area (Å²) < 4.78 is 13.6. The topological polar surface area (TPSA) is 49.4 Å². The molecule has 1 heterocycles. The van der Waals surface area contributed by atoms with E-state index in [0.717, 1.165) is 0 Å². The Bertz CT molecular complexity index is 504. The van der Waals surface area contributed by atoms with Gasteiger partial charge in [-0.3, -0.25) is 15.0 Å². The third kappa shape index (κ3) is 2.31. The van der Waals surface area contributed by atoms with E-state index in [0.29, 0.717) is 22.3 Å². The maximum absolute atomic E-state index is 13.3. The normalized spacial score (nSPS) is 16.1. The molecule has 90 valence electrons. The van der Waals surface area contributed by atoms with E-state index in [9.17, 15) is 14.0 Å². The number of nitrogens with one attached hydrogen (secondary N) is 1. The molecular weight excluding hydrogens is 291 g/mol. The third-order valence-electron chi connectivity index (χ3n) is 2.58. The minimum absolute atomic E-state index is 0.250. The van der Waals surface area contributed by atoms with Crippen molar-refractivity contribution < 1.29 is 14.0 Å². The molecule has 17 heavy (non-hydrogen) atoms. The Labute approximate surface area is 106 Å². The van der Waals surface area contributed by atoms with Gasteiger partial charge in [-0.1, -0.05) is 0 Å². The molecule has 1 aromatic rings. The number of hydrogen-bond donors (Lipinski definition) is 1. The molecule has 0 spiro atoms. The SMILES string of the molecule is Cc1cc(F)c(Br)cc1N1CCC(=O)NC1=O. The Hall–Kier alpha value is -1.43. The highest BCUT2D eigenvalue weighted by Gasteiger charge is 2.25. The van der Waals surface area contributed by atoms with Crippen LogP contribution in [0.5, 0.6) is 0 Å². The lowest BCUT2D eigenvalue weighted by Gasteiger charge is -2.28. The molecule has 2 rings (SSSR count). The molecule has 6 heteroatoms. The number of carbonyl (C=O) groups is 2. The zero-order valence-electron chi connectivity index (χ0n) is 9.09. The zero-order valence-corrected chi connectivity index (χ0v) is 10.7. The number of rotatable bonds is 1. The largest absolute Gasteiger partial charge is 0.328 e. The number of benzene rings is 1. The number of imide groups is 1. The molecule has 0 saturated carbocycles. The van der Waals surface area contributed by atoms with Crippen LogP contribution in [-0.2, 0) is 4.79 Å². The summed E-state index contributed by atoms with van der Waals surface area (Å²) in [5, 5.41) is 2.23. The van der Waals surface area contributed by atoms with E-state index in [1.807, 2.05) is 0 Å². The van der Waals surface area contributed by atoms with Crippen LogP contribution in [0.4, 0.5) is 14.9 Å². The molecule has 1 aromatic carbocycles. The highest BCUT2D eigenvalue weighted by atomic mass is 79.9. The molecule has 0 radical (unpaired) electrons. The van der Waals surface area contributed by atoms with Gasteiger partial charge in [0, 0.05) is 18.7 Å². The van der Waals surface area contributed by atoms with E-state index in [1.54, 1.807) is 13.0 Å². The molecule has 1 fully saturated rings. The predicted octanol–water partition coefficient (Wildman–Crippen LogP) is 2.34. The maximum Gasteiger partial charge on any atom is 0.328 e. The fourth-order valence-electron chi connectivity index (χ4n) is 1.72. The fourth-order valence-corrected chi connectivity index (χ4v) is 2.05. The van der Waals surface area contributed by atoms with Gasteiger partial charge in [-0.25, -0.2) is 9.18 Å². The van der Waals surface area contributed by atoms with Crippen LogP contribution in [0.2, 0.25) is 0 Å². The van der Waals surface area contributed by atoms with Gasteiger partial charge in [0.15, 0.2) is 0 Å². The Balaban J connectivity index is 2.37. The molecule has 1 N–H and O–H groups in total. The summed E-state index contributed by atoms with van der Waals surface area (Å²) in [6.45, 7) is 2.03. The Morgan fingerprint density at radius 3 is 2.76 bits per heavy atom. The first-order valence-electron chi connectivity index (χ1n) is 5.06. The van der Waals surface area contributed by atoms with Crippen molar-refractivity contribution in [3.05, 3.63) is 28.0 Å². The lowest BCUT2D eigenvalue weighted by atomic mass is 10.1. The molecule has 0 aliphatic carbocycles. The number of nitrogens with zero attached hydrogens (tertiary/aromatic N) is 1. The first kappa shape index (κ1) is 12.0. The van der Waals surface area contributed by atoms with Gasteiger partial charge in [0.05, 0.1) is 4.47 Å². The number of hydrogen-bond acceptors (Lipinski definition) is 2. The summed E-state index contributed by atoms with van der Waals surface area (Å²) in [5.41, 5.74) is 1.25. The molecule has 4 nitrogen and oxygen atoms in total. The monoisotopic (exact) mass is 300 g/mol. The standard InChI is InChI=1S/C11H10BrFN2O2/c1-6-4-8(13)7(12)5-9(6)15-3-2-10(16)14-11(15)17/h4-5H,2-3H2,1H3,(H,14,16,17). The van der Waals surface area contributed by atoms with Crippen molar-refractivity contribution in [2.24, 2.45) is 0 Å². The van der Waals surface area contributed by atoms with Crippen molar-refractivity contribution in [3.63, 3.8) is 0 Å². The molecular formula is C11H10BrFN2O2. The summed E-state index contributed by atoms with van der Waals surface area (Å²) >= 11 is 3.08. The van der Waals surface area contributed by atoms with Gasteiger partial charge in [0.2, 0.25) is 5.91 Å². The Kier molecular flexibility index (Phi) is 3.15. The van der Waals surface area contributed by atoms with Crippen molar-refractivity contribution in [3.8, 4) is 0 Å². The van der Waals surface area contributed by atoms with Crippen molar-refractivity contribution in [2.75, 3.05) is 11.4 Å². The van der Waals surface area contributed by atoms with Crippen molar-refractivity contribution >= 4 is 33.6 Å². The minimum atomic E-state index is -0.470. The van der Waals surface area contributed by atoms with Gasteiger partial charge in [0.25, 0.3) is 0 Å². The predicted molar refractivity (Wildman–Crippen MR) is 64.3 cm³/mol. The van der Waals surface area contributed by atoms with E-state index >= 15 is 0 Å². The van der Waals surface area contributed by atoms with Crippen molar-refractivity contribution in [1.82, 2.24) is 5.32 Å². The van der Waals surface area contributed by atoms with E-state index in [1.165, 1.54) is 11.0 Å². The number of anilines is 1. The van der Waals surface area contributed by atoms with Gasteiger partial charge in [-0.2, -0.15) is 0 Å². The Morgan fingerprint density at radius 1 is 1.41 bits per heavy atom. The summed E-state index contributed by atoms with van der Waals surface area (Å²) in [7, 11) is 0. The number of carbonyl (C=O) groups excluding carboxylic acids is 2. The van der Waals surface area contributed by atoms with Crippen molar-refractivity contribution in [1.29, 1.82) is 0 Å². The summed E-state index contributed by atoms with van der Waals surface area (Å²) in [5.74, 6) is -0.662. The second-order valence-electron chi connectivity index (χ2n) is 3.81. The first-order valence-corrected chi connectivity index (χ1v) is 5.85. The second-order valence-corrected chi connectivity index (χ2v) is 4.66. The summed E-state index contributed by atoms with van der Waals surface area (Å²) in [6, 6.07) is 2.42. The number of urea groups is 1. The van der Waals surface area contributed by atoms with Gasteiger partial charge < -0.3 is 0 Å². The molecule has 0 atom stereocenters. The van der Waals surface area contributed by atoms with Crippen molar-refractivity contribution in [2.45, 2.75) is 13.3 Å². The van der Waals surface area contributed by atoms with Crippen LogP contribution in [0.3, 0.4) is 0 Å². The molecule has 1 aliphatic heterocycles. The van der Waals surface area contributed by atoms with E-state index < -0.39 is 6.03 Å². The fraction of sp³-hybridized carbons (Fsp3) is 0.273. The van der Waals surface area contributed by atoms with Crippen LogP contribution in [0, 0.1) is 12.7 Å². The quantitative estimate of drug-likeness (QED) is 0.865. The van der Waals surface area contributed by atoms with E-state index in [-0.39, 0.29) is 18.1 Å². The smallest absolute Gasteiger partial charge is 0.293 e. The highest BCUT2D eigenvalue weighted by Crippen LogP contribution is 2.28. The van der Waals surface area contributed by atoms with Gasteiger partial charge in [-0.15, -0.1) is 0 Å². The molecule has 0 unspecified atom stereocenters. The second kappa shape index (κ2) is 4.44. The first-order chi connectivity index (χ1) is 7.99. The average molecular weight is 301 g/mol. The minimum Gasteiger partial charge on any atom is -0.293 e. The van der Waals surface area contributed by atoms with Gasteiger partial charge in [-0.05, 0) is 40.5 Å². The molecule has 1 saturated heterocycles. The van der Waals surface area contributed by atoms with Gasteiger partial charge >= 0.3 is 6.03 Å². The molecule has 0 bridgehead atoms. The van der Waals surface area contributed by atoms with Crippen LogP contribution in [-0.4, -0.2) is 18.5 Å². The lowest BCUT2D eigenvalue weighted by Crippen LogP contribution is -2.49. The van der Waals surface area contributed by atoms with E-state index in [4.69, 9.17) is 0 Å². The number of aryl methyl sites for hydroxylation is 1. The lowest BCUT2D eigenvalue weighted by molar-refractivity contribution is -0.120. The van der Waals surface area contributed by atoms with Gasteiger partial charge in [0.1, 0.15) is 5.82 Å². The zero-order chi connectivity index (χ0) is 12.6. The van der Waals surface area contributed by atoms with E-state index in [2.05, 4.69) is 21.2 Å². The van der Waals surface area contributed by atoms with Crippen LogP contribution in [0.1, 0.15) is 12.0 Å². The highest BCUT2D eigenvalue weighted by molar-refractivity contribution is 9.10. The number of amides is 3. The number of halogens is 2. The molecule has 1 aliphatic rings. The summed E-state index contributed by atoms with van der Waals surface area (Å²) in [4.78, 5) is 24.1. The van der Waals surface area contributed by atoms with Crippen LogP contribution < -0.4 is 10.2 Å². The van der Waals surface area contributed by atoms with Crippen LogP contribution in [0.25, 0.3) is 0 Å². The summed E-state index contributed by atoms with van der Waals surface area (Å²) in [6.07, 6.45) is 0.250. The Morgan fingerprint density at radius 2 is 2.12 bits per heavy atom. The molecule has 3 amide bonds. The third-order valence-corrected chi connectivity index (χ3v) is 3.19.